The summed E-state index contributed by atoms with van der Waals surface area (Å²) in [7, 11) is 1.61. The largest absolute Gasteiger partial charge is 0.331 e. The molecular formula is C15H15N3O2. The molecule has 1 aromatic heterocycles. The molecule has 102 valence electrons. The molecule has 0 radical (unpaired) electrons. The number of hydrogen-bond acceptors (Lipinski definition) is 3. The van der Waals surface area contributed by atoms with Crippen molar-refractivity contribution in [3.63, 3.8) is 0 Å². The summed E-state index contributed by atoms with van der Waals surface area (Å²) >= 11 is 0. The summed E-state index contributed by atoms with van der Waals surface area (Å²) in [5.74, 6) is 5.69. The van der Waals surface area contributed by atoms with Crippen molar-refractivity contribution >= 4 is 0 Å². The lowest BCUT2D eigenvalue weighted by Crippen LogP contribution is -2.38. The summed E-state index contributed by atoms with van der Waals surface area (Å²) in [4.78, 5) is 23.6. The second kappa shape index (κ2) is 6.04. The van der Waals surface area contributed by atoms with E-state index in [0.717, 1.165) is 11.1 Å². The maximum absolute atomic E-state index is 11.9. The Morgan fingerprint density at radius 3 is 2.50 bits per heavy atom. The molecule has 5 heteroatoms. The number of rotatable bonds is 2. The second-order valence-corrected chi connectivity index (χ2v) is 4.34. The Kier molecular flexibility index (Phi) is 4.18. The maximum Gasteiger partial charge on any atom is 0.331 e. The van der Waals surface area contributed by atoms with Crippen molar-refractivity contribution in [2.75, 3.05) is 6.54 Å². The SMILES string of the molecule is Cn1ccc(=O)n(Cc2ccc(C#CCN)cc2)c1=O. The first-order valence-electron chi connectivity index (χ1n) is 6.16. The fourth-order valence-corrected chi connectivity index (χ4v) is 1.79. The van der Waals surface area contributed by atoms with E-state index in [0.29, 0.717) is 6.54 Å². The first-order chi connectivity index (χ1) is 9.61. The minimum atomic E-state index is -0.329. The van der Waals surface area contributed by atoms with Gasteiger partial charge in [-0.1, -0.05) is 24.0 Å². The minimum absolute atomic E-state index is 0.247. The highest BCUT2D eigenvalue weighted by Gasteiger charge is 2.03. The van der Waals surface area contributed by atoms with E-state index >= 15 is 0 Å². The highest BCUT2D eigenvalue weighted by molar-refractivity contribution is 5.36. The van der Waals surface area contributed by atoms with Gasteiger partial charge in [0.05, 0.1) is 13.1 Å². The van der Waals surface area contributed by atoms with E-state index in [1.54, 1.807) is 7.05 Å². The van der Waals surface area contributed by atoms with E-state index in [1.807, 2.05) is 24.3 Å². The predicted octanol–water partition coefficient (Wildman–Crippen LogP) is -0.0945. The average molecular weight is 269 g/mol. The lowest BCUT2D eigenvalue weighted by Gasteiger charge is -2.06. The standard InChI is InChI=1S/C15H15N3O2/c1-17-10-8-14(19)18(15(17)20)11-13-6-4-12(5-7-13)3-2-9-16/h4-8,10H,9,11,16H2,1H3. The van der Waals surface area contributed by atoms with Crippen molar-refractivity contribution in [1.82, 2.24) is 9.13 Å². The molecule has 0 bridgehead atoms. The zero-order valence-electron chi connectivity index (χ0n) is 11.2. The molecular weight excluding hydrogens is 254 g/mol. The predicted molar refractivity (Wildman–Crippen MR) is 77.4 cm³/mol. The number of nitrogens with zero attached hydrogens (tertiary/aromatic N) is 2. The van der Waals surface area contributed by atoms with Crippen LogP contribution in [0.25, 0.3) is 0 Å². The van der Waals surface area contributed by atoms with Crippen molar-refractivity contribution in [2.24, 2.45) is 12.8 Å². The molecule has 0 amide bonds. The zero-order chi connectivity index (χ0) is 14.5. The van der Waals surface area contributed by atoms with Gasteiger partial charge in [-0.25, -0.2) is 4.79 Å². The molecule has 2 rings (SSSR count). The van der Waals surface area contributed by atoms with Gasteiger partial charge in [-0.2, -0.15) is 0 Å². The number of nitrogens with two attached hydrogens (primary N) is 1. The van der Waals surface area contributed by atoms with Crippen LogP contribution in [0.5, 0.6) is 0 Å². The van der Waals surface area contributed by atoms with Crippen molar-refractivity contribution in [3.05, 3.63) is 68.5 Å². The van der Waals surface area contributed by atoms with Crippen LogP contribution in [0.2, 0.25) is 0 Å². The van der Waals surface area contributed by atoms with Gasteiger partial charge >= 0.3 is 5.69 Å². The zero-order valence-corrected chi connectivity index (χ0v) is 11.2. The van der Waals surface area contributed by atoms with E-state index in [2.05, 4.69) is 11.8 Å². The van der Waals surface area contributed by atoms with Crippen LogP contribution in [0, 0.1) is 11.8 Å². The third-order valence-corrected chi connectivity index (χ3v) is 2.87. The molecule has 0 aliphatic heterocycles. The summed E-state index contributed by atoms with van der Waals surface area (Å²) < 4.78 is 2.57. The van der Waals surface area contributed by atoms with Crippen LogP contribution < -0.4 is 17.0 Å². The Hall–Kier alpha value is -2.58. The molecule has 0 atom stereocenters. The van der Waals surface area contributed by atoms with Crippen LogP contribution in [-0.2, 0) is 13.6 Å². The van der Waals surface area contributed by atoms with Crippen molar-refractivity contribution < 1.29 is 0 Å². The van der Waals surface area contributed by atoms with Crippen LogP contribution in [0.1, 0.15) is 11.1 Å². The van der Waals surface area contributed by atoms with Gasteiger partial charge in [0.2, 0.25) is 0 Å². The summed E-state index contributed by atoms with van der Waals surface area (Å²) in [6, 6.07) is 8.76. The summed E-state index contributed by atoms with van der Waals surface area (Å²) in [5, 5.41) is 0. The molecule has 0 fully saturated rings. The first-order valence-corrected chi connectivity index (χ1v) is 6.16. The molecule has 20 heavy (non-hydrogen) atoms. The van der Waals surface area contributed by atoms with E-state index in [9.17, 15) is 9.59 Å². The Bertz CT molecular complexity index is 774. The van der Waals surface area contributed by atoms with Crippen molar-refractivity contribution in [3.8, 4) is 11.8 Å². The molecule has 0 aliphatic rings. The fraction of sp³-hybridized carbons (Fsp3) is 0.200. The molecule has 5 nitrogen and oxygen atoms in total. The molecule has 0 saturated heterocycles. The molecule has 0 aliphatic carbocycles. The van der Waals surface area contributed by atoms with E-state index < -0.39 is 0 Å². The molecule has 0 saturated carbocycles. The number of aryl methyl sites for hydroxylation is 1. The second-order valence-electron chi connectivity index (χ2n) is 4.34. The summed E-state index contributed by atoms with van der Waals surface area (Å²) in [5.41, 5.74) is 6.40. The van der Waals surface area contributed by atoms with Crippen LogP contribution in [0.4, 0.5) is 0 Å². The van der Waals surface area contributed by atoms with E-state index in [-0.39, 0.29) is 17.8 Å². The van der Waals surface area contributed by atoms with Gasteiger partial charge in [0, 0.05) is 24.9 Å². The normalized spacial score (nSPS) is 9.90. The Morgan fingerprint density at radius 1 is 1.15 bits per heavy atom. The summed E-state index contributed by atoms with van der Waals surface area (Å²) in [6.45, 7) is 0.564. The number of benzene rings is 1. The Morgan fingerprint density at radius 2 is 1.85 bits per heavy atom. The monoisotopic (exact) mass is 269 g/mol. The highest BCUT2D eigenvalue weighted by Crippen LogP contribution is 2.03. The van der Waals surface area contributed by atoms with Gasteiger partial charge < -0.3 is 10.3 Å². The number of hydrogen-bond donors (Lipinski definition) is 1. The first kappa shape index (κ1) is 13.8. The maximum atomic E-state index is 11.9. The highest BCUT2D eigenvalue weighted by atomic mass is 16.2. The third-order valence-electron chi connectivity index (χ3n) is 2.87. The molecule has 1 heterocycles. The fourth-order valence-electron chi connectivity index (χ4n) is 1.79. The van der Waals surface area contributed by atoms with Gasteiger partial charge in [-0.15, -0.1) is 0 Å². The minimum Gasteiger partial charge on any atom is -0.320 e. The molecule has 0 spiro atoms. The molecule has 2 N–H and O–H groups in total. The van der Waals surface area contributed by atoms with Gasteiger partial charge in [0.15, 0.2) is 0 Å². The smallest absolute Gasteiger partial charge is 0.320 e. The van der Waals surface area contributed by atoms with E-state index in [4.69, 9.17) is 5.73 Å². The van der Waals surface area contributed by atoms with Crippen LogP contribution in [-0.4, -0.2) is 15.7 Å². The van der Waals surface area contributed by atoms with Crippen LogP contribution >= 0.6 is 0 Å². The average Bonchev–Trinajstić information content (AvgIpc) is 2.47. The Labute approximate surface area is 116 Å². The van der Waals surface area contributed by atoms with Crippen molar-refractivity contribution in [2.45, 2.75) is 6.54 Å². The Balaban J connectivity index is 2.30. The van der Waals surface area contributed by atoms with Gasteiger partial charge in [-0.3, -0.25) is 9.36 Å². The number of aromatic nitrogens is 2. The lowest BCUT2D eigenvalue weighted by atomic mass is 10.1. The van der Waals surface area contributed by atoms with Crippen molar-refractivity contribution in [1.29, 1.82) is 0 Å². The topological polar surface area (TPSA) is 70.0 Å². The van der Waals surface area contributed by atoms with Gasteiger partial charge in [0.25, 0.3) is 5.56 Å². The van der Waals surface area contributed by atoms with E-state index in [1.165, 1.54) is 21.4 Å². The summed E-state index contributed by atoms with van der Waals surface area (Å²) in [6.07, 6.45) is 1.46. The van der Waals surface area contributed by atoms with Gasteiger partial charge in [-0.05, 0) is 17.7 Å². The molecule has 0 unspecified atom stereocenters. The lowest BCUT2D eigenvalue weighted by molar-refractivity contribution is 0.639. The molecule has 2 aromatic rings. The third kappa shape index (κ3) is 3.05. The quantitative estimate of drug-likeness (QED) is 0.774. The molecule has 1 aromatic carbocycles. The van der Waals surface area contributed by atoms with Crippen LogP contribution in [0.3, 0.4) is 0 Å². The van der Waals surface area contributed by atoms with Crippen LogP contribution in [0.15, 0.2) is 46.1 Å². The van der Waals surface area contributed by atoms with Gasteiger partial charge in [0.1, 0.15) is 0 Å².